The molecule has 2 saturated heterocycles. The Morgan fingerprint density at radius 2 is 0.853 bits per heavy atom. The molecular weight excluding hydrogens is 877 g/mol. The van der Waals surface area contributed by atoms with Crippen LogP contribution in [0.5, 0.6) is 0 Å². The van der Waals surface area contributed by atoms with Gasteiger partial charge in [0.05, 0.1) is 32.0 Å². The molecule has 6 aromatic rings. The van der Waals surface area contributed by atoms with Gasteiger partial charge in [-0.2, -0.15) is 17.6 Å². The van der Waals surface area contributed by atoms with E-state index in [4.69, 9.17) is 18.9 Å². The van der Waals surface area contributed by atoms with E-state index < -0.39 is 73.4 Å². The number of rotatable bonds is 16. The average molecular weight is 937 g/mol. The molecule has 0 aliphatic carbocycles. The predicted molar refractivity (Wildman–Crippen MR) is 251 cm³/mol. The fourth-order valence-electron chi connectivity index (χ4n) is 9.13. The van der Waals surface area contributed by atoms with Crippen molar-refractivity contribution in [3.63, 3.8) is 0 Å². The average Bonchev–Trinajstić information content (AvgIpc) is 3.36. The van der Waals surface area contributed by atoms with Crippen molar-refractivity contribution in [2.45, 2.75) is 113 Å². The lowest BCUT2D eigenvalue weighted by molar-refractivity contribution is -0.287. The van der Waals surface area contributed by atoms with E-state index in [0.717, 1.165) is 22.3 Å². The molecule has 2 aliphatic heterocycles. The molecule has 2 heterocycles. The van der Waals surface area contributed by atoms with Gasteiger partial charge in [-0.15, -0.1) is 0 Å². The third-order valence-electron chi connectivity index (χ3n) is 12.9. The molecule has 12 heteroatoms. The van der Waals surface area contributed by atoms with Crippen LogP contribution in [0, 0.1) is 5.92 Å². The molecule has 360 valence electrons. The summed E-state index contributed by atoms with van der Waals surface area (Å²) in [6.45, 7) is 3.71. The molecule has 68 heavy (non-hydrogen) atoms. The minimum atomic E-state index is -3.65. The first-order valence-electron chi connectivity index (χ1n) is 23.1. The summed E-state index contributed by atoms with van der Waals surface area (Å²) in [6.07, 6.45) is -11.3. The van der Waals surface area contributed by atoms with Gasteiger partial charge in [-0.3, -0.25) is 0 Å². The van der Waals surface area contributed by atoms with Gasteiger partial charge in [0.25, 0.3) is 0 Å². The maximum atomic E-state index is 16.9. The highest BCUT2D eigenvalue weighted by atomic mass is 19.3. The quantitative estimate of drug-likeness (QED) is 0.0710. The van der Waals surface area contributed by atoms with Crippen molar-refractivity contribution in [3.8, 4) is 0 Å². The van der Waals surface area contributed by atoms with Gasteiger partial charge in [0.15, 0.2) is 12.2 Å². The van der Waals surface area contributed by atoms with E-state index in [1.54, 1.807) is 24.3 Å². The highest BCUT2D eigenvalue weighted by Gasteiger charge is 2.57. The zero-order chi connectivity index (χ0) is 48.3. The van der Waals surface area contributed by atoms with Crippen LogP contribution in [-0.2, 0) is 56.8 Å². The third kappa shape index (κ3) is 11.9. The van der Waals surface area contributed by atoms with Crippen LogP contribution in [0.25, 0.3) is 0 Å². The van der Waals surface area contributed by atoms with Crippen LogP contribution < -0.4 is 0 Å². The fraction of sp³-hybridized carbons (Fsp3) is 0.357. The number of alkyl halides is 4. The number of ether oxygens (including phenoxy) is 4. The molecule has 0 saturated carbocycles. The van der Waals surface area contributed by atoms with Gasteiger partial charge in [-0.05, 0) is 52.6 Å². The van der Waals surface area contributed by atoms with Gasteiger partial charge >= 0.3 is 11.8 Å². The van der Waals surface area contributed by atoms with Crippen molar-refractivity contribution in [2.24, 2.45) is 5.92 Å². The van der Waals surface area contributed by atoms with E-state index in [0.29, 0.717) is 30.6 Å². The number of aliphatic hydroxyl groups excluding tert-OH is 4. The van der Waals surface area contributed by atoms with Gasteiger partial charge in [0, 0.05) is 17.0 Å². The Kier molecular flexibility index (Phi) is 17.4. The molecule has 0 amide bonds. The first kappa shape index (κ1) is 50.6. The number of aliphatic hydroxyl groups is 4. The summed E-state index contributed by atoms with van der Waals surface area (Å²) >= 11 is 0. The van der Waals surface area contributed by atoms with Gasteiger partial charge in [-0.1, -0.05) is 184 Å². The molecule has 2 fully saturated rings. The first-order chi connectivity index (χ1) is 32.8. The smallest absolute Gasteiger partial charge is 0.301 e. The SMILES string of the molecule is CC[C@H]1O[C@@H](C(F)(F)c2ccccc2Cc2ccccc2)[C@H](OCc2ccccc2)[C@@H](OCc2ccccc2)[C@@H]1C.OC[C@H]1O[C@@H](C(F)(F)c2ccccc2Cc2ccccc2)[C@H](O)[C@@H](O)[C@@H]1O. The van der Waals surface area contributed by atoms with Crippen LogP contribution in [0.1, 0.15) is 64.8 Å². The lowest BCUT2D eigenvalue weighted by Crippen LogP contribution is -2.62. The Balaban J connectivity index is 0.000000220. The summed E-state index contributed by atoms with van der Waals surface area (Å²) in [5.41, 5.74) is 4.26. The minimum absolute atomic E-state index is 0.0339. The second-order valence-corrected chi connectivity index (χ2v) is 17.5. The van der Waals surface area contributed by atoms with Crippen LogP contribution >= 0.6 is 0 Å². The van der Waals surface area contributed by atoms with E-state index in [1.807, 2.05) is 141 Å². The molecule has 4 N–H and O–H groups in total. The van der Waals surface area contributed by atoms with Crippen LogP contribution in [0.3, 0.4) is 0 Å². The summed E-state index contributed by atoms with van der Waals surface area (Å²) in [7, 11) is 0. The number of benzene rings is 6. The van der Waals surface area contributed by atoms with Crippen LogP contribution in [0.2, 0.25) is 0 Å². The van der Waals surface area contributed by atoms with E-state index >= 15 is 17.6 Å². The first-order valence-corrected chi connectivity index (χ1v) is 23.1. The monoisotopic (exact) mass is 936 g/mol. The summed E-state index contributed by atoms with van der Waals surface area (Å²) in [5, 5.41) is 39.0. The molecule has 0 unspecified atom stereocenters. The lowest BCUT2D eigenvalue weighted by atomic mass is 9.82. The topological polar surface area (TPSA) is 118 Å². The molecule has 6 aromatic carbocycles. The van der Waals surface area contributed by atoms with Crippen molar-refractivity contribution in [3.05, 3.63) is 214 Å². The fourth-order valence-corrected chi connectivity index (χ4v) is 9.13. The molecule has 0 bridgehead atoms. The summed E-state index contributed by atoms with van der Waals surface area (Å²) < 4.78 is 88.6. The molecule has 0 spiro atoms. The summed E-state index contributed by atoms with van der Waals surface area (Å²) in [6, 6.07) is 50.9. The van der Waals surface area contributed by atoms with Gasteiger partial charge in [-0.25, -0.2) is 0 Å². The predicted octanol–water partition coefficient (Wildman–Crippen LogP) is 9.57. The summed E-state index contributed by atoms with van der Waals surface area (Å²) in [5.74, 6) is -7.12. The zero-order valence-corrected chi connectivity index (χ0v) is 38.1. The normalized spacial score (nSPS) is 25.3. The Hall–Kier alpha value is -5.28. The lowest BCUT2D eigenvalue weighted by Gasteiger charge is -2.47. The van der Waals surface area contributed by atoms with Crippen molar-refractivity contribution in [2.75, 3.05) is 6.61 Å². The van der Waals surface area contributed by atoms with Crippen molar-refractivity contribution >= 4 is 0 Å². The Morgan fingerprint density at radius 3 is 1.29 bits per heavy atom. The number of hydrogen-bond donors (Lipinski definition) is 4. The zero-order valence-electron chi connectivity index (χ0n) is 38.1. The standard InChI is InChI=1S/C36H38F2O3.C20H22F2O5/c1-3-32-26(2)33(39-24-28-17-9-5-10-18-28)34(40-25-29-19-11-6-12-20-29)35(41-32)36(37,38)31-22-14-13-21-30(31)23-27-15-7-4-8-16-27;21-20(22,19-18(26)17(25)16(24)15(11-23)27-19)14-9-5-4-8-13(14)10-12-6-2-1-3-7-12/h4-22,26,32-35H,3,23-25H2,1-2H3;1-9,15-19,23-26H,10-11H2/t26-,32-,33+,34-,35-;15-,16-,17+,18-,19-/m11/s1. The van der Waals surface area contributed by atoms with Crippen molar-refractivity contribution in [1.82, 2.24) is 0 Å². The van der Waals surface area contributed by atoms with Crippen LogP contribution in [0.15, 0.2) is 170 Å². The second-order valence-electron chi connectivity index (χ2n) is 17.5. The molecule has 0 radical (unpaired) electrons. The number of halogens is 4. The van der Waals surface area contributed by atoms with E-state index in [2.05, 4.69) is 0 Å². The van der Waals surface area contributed by atoms with Crippen LogP contribution in [-0.4, -0.2) is 82.0 Å². The van der Waals surface area contributed by atoms with E-state index in [-0.39, 0.29) is 30.1 Å². The molecule has 0 aromatic heterocycles. The second kappa shape index (κ2) is 23.3. The molecule has 10 atom stereocenters. The van der Waals surface area contributed by atoms with Gasteiger partial charge in [0.1, 0.15) is 30.5 Å². The maximum Gasteiger partial charge on any atom is 0.301 e. The molecule has 8 rings (SSSR count). The van der Waals surface area contributed by atoms with Gasteiger partial charge in [0.2, 0.25) is 0 Å². The molecular formula is C56H60F4O8. The summed E-state index contributed by atoms with van der Waals surface area (Å²) in [4.78, 5) is 0. The number of hydrogen-bond acceptors (Lipinski definition) is 8. The van der Waals surface area contributed by atoms with Gasteiger partial charge < -0.3 is 39.4 Å². The highest BCUT2D eigenvalue weighted by molar-refractivity contribution is 5.38. The Bertz CT molecular complexity index is 2430. The van der Waals surface area contributed by atoms with Crippen molar-refractivity contribution in [1.29, 1.82) is 0 Å². The third-order valence-corrected chi connectivity index (χ3v) is 12.9. The van der Waals surface area contributed by atoms with Crippen LogP contribution in [0.4, 0.5) is 17.6 Å². The molecule has 2 aliphatic rings. The minimum Gasteiger partial charge on any atom is -0.394 e. The Labute approximate surface area is 395 Å². The van der Waals surface area contributed by atoms with E-state index in [1.165, 1.54) is 18.2 Å². The maximum absolute atomic E-state index is 16.9. The largest absolute Gasteiger partial charge is 0.394 e. The van der Waals surface area contributed by atoms with E-state index in [9.17, 15) is 20.4 Å². The Morgan fingerprint density at radius 1 is 0.471 bits per heavy atom. The highest BCUT2D eigenvalue weighted by Crippen LogP contribution is 2.46. The van der Waals surface area contributed by atoms with Crippen molar-refractivity contribution < 1.29 is 56.9 Å². The molecule has 8 nitrogen and oxygen atoms in total.